The molecular weight excluding hydrogens is 369 g/mol. The number of Topliss-reactive ketones (excluding diaryl/α,β-unsaturated/α-hetero) is 1. The molecule has 0 bridgehead atoms. The molecule has 3 aliphatic rings. The Morgan fingerprint density at radius 2 is 1.93 bits per heavy atom. The summed E-state index contributed by atoms with van der Waals surface area (Å²) in [6, 6.07) is 5.97. The molecule has 5 nitrogen and oxygen atoms in total. The zero-order valence-corrected chi connectivity index (χ0v) is 14.8. The second-order valence-corrected chi connectivity index (χ2v) is 7.19. The van der Waals surface area contributed by atoms with E-state index in [9.17, 15) is 18.8 Å². The average molecular weight is 383 g/mol. The Bertz CT molecular complexity index is 962. The number of halogens is 1. The monoisotopic (exact) mass is 383 g/mol. The standard InChI is InChI=1S/C20H14FNO4S/c21-15-7-3-1-5-12(15)10-22-19(24)17(27-20(22)25)9-13-11-26-16-8-4-2-6-14(16)18(13)23/h1-9,11,14,16H,10H2/b17-9+. The fourth-order valence-corrected chi connectivity index (χ4v) is 3.86. The topological polar surface area (TPSA) is 63.7 Å². The van der Waals surface area contributed by atoms with Gasteiger partial charge in [0, 0.05) is 5.56 Å². The molecule has 2 aliphatic heterocycles. The maximum Gasteiger partial charge on any atom is 0.293 e. The zero-order chi connectivity index (χ0) is 19.0. The highest BCUT2D eigenvalue weighted by Crippen LogP contribution is 2.35. The molecule has 2 heterocycles. The van der Waals surface area contributed by atoms with E-state index in [1.165, 1.54) is 30.5 Å². The lowest BCUT2D eigenvalue weighted by Gasteiger charge is -2.27. The predicted octanol–water partition coefficient (Wildman–Crippen LogP) is 3.50. The number of allylic oxidation sites excluding steroid dienone is 4. The molecule has 0 N–H and O–H groups in total. The van der Waals surface area contributed by atoms with Crippen molar-refractivity contribution < 1.29 is 23.5 Å². The molecule has 4 rings (SSSR count). The van der Waals surface area contributed by atoms with Crippen LogP contribution in [0.25, 0.3) is 0 Å². The summed E-state index contributed by atoms with van der Waals surface area (Å²) in [4.78, 5) is 38.5. The Morgan fingerprint density at radius 3 is 2.74 bits per heavy atom. The summed E-state index contributed by atoms with van der Waals surface area (Å²) in [5, 5.41) is -0.502. The number of thioether (sulfide) groups is 1. The van der Waals surface area contributed by atoms with Crippen LogP contribution in [0.2, 0.25) is 0 Å². The Morgan fingerprint density at radius 1 is 1.15 bits per heavy atom. The number of nitrogens with zero attached hydrogens (tertiary/aromatic N) is 1. The molecule has 1 aliphatic carbocycles. The third-order valence-corrected chi connectivity index (χ3v) is 5.38. The van der Waals surface area contributed by atoms with Gasteiger partial charge < -0.3 is 4.74 Å². The van der Waals surface area contributed by atoms with Crippen molar-refractivity contribution in [2.45, 2.75) is 12.6 Å². The summed E-state index contributed by atoms with van der Waals surface area (Å²) < 4.78 is 19.4. The maximum atomic E-state index is 13.8. The summed E-state index contributed by atoms with van der Waals surface area (Å²) in [6.07, 6.45) is 9.45. The summed E-state index contributed by atoms with van der Waals surface area (Å²) >= 11 is 0.727. The smallest absolute Gasteiger partial charge is 0.293 e. The van der Waals surface area contributed by atoms with E-state index in [1.807, 2.05) is 0 Å². The SMILES string of the molecule is O=C1C(/C=C2/SC(=O)N(Cc3ccccc3F)C2=O)=COC2C=CC=CC12. The Hall–Kier alpha value is -2.93. The fourth-order valence-electron chi connectivity index (χ4n) is 3.04. The number of fused-ring (bicyclic) bond motifs is 1. The lowest BCUT2D eigenvalue weighted by Crippen LogP contribution is -2.32. The van der Waals surface area contributed by atoms with Gasteiger partial charge in [0.1, 0.15) is 11.9 Å². The van der Waals surface area contributed by atoms with Gasteiger partial charge in [-0.25, -0.2) is 4.39 Å². The fraction of sp³-hybridized carbons (Fsp3) is 0.150. The number of benzene rings is 1. The number of carbonyl (C=O) groups excluding carboxylic acids is 3. The maximum absolute atomic E-state index is 13.8. The molecule has 2 unspecified atom stereocenters. The summed E-state index contributed by atoms with van der Waals surface area (Å²) in [5.74, 6) is -1.66. The molecule has 2 atom stereocenters. The van der Waals surface area contributed by atoms with Crippen LogP contribution in [0, 0.1) is 11.7 Å². The van der Waals surface area contributed by atoms with Crippen LogP contribution in [-0.2, 0) is 20.9 Å². The normalized spacial score (nSPS) is 25.7. The molecule has 136 valence electrons. The van der Waals surface area contributed by atoms with E-state index in [2.05, 4.69) is 0 Å². The van der Waals surface area contributed by atoms with Crippen LogP contribution in [-0.4, -0.2) is 27.9 Å². The molecular formula is C20H14FNO4S. The molecule has 1 aromatic rings. The van der Waals surface area contributed by atoms with Crippen molar-refractivity contribution in [2.24, 2.45) is 5.92 Å². The van der Waals surface area contributed by atoms with E-state index in [4.69, 9.17) is 4.74 Å². The molecule has 27 heavy (non-hydrogen) atoms. The highest BCUT2D eigenvalue weighted by Gasteiger charge is 2.38. The van der Waals surface area contributed by atoms with Gasteiger partial charge in [-0.3, -0.25) is 19.3 Å². The number of ether oxygens (including phenoxy) is 1. The molecule has 1 saturated heterocycles. The minimum Gasteiger partial charge on any atom is -0.492 e. The molecule has 0 radical (unpaired) electrons. The first-order valence-corrected chi connectivity index (χ1v) is 9.10. The van der Waals surface area contributed by atoms with E-state index in [0.29, 0.717) is 0 Å². The largest absolute Gasteiger partial charge is 0.492 e. The van der Waals surface area contributed by atoms with Crippen LogP contribution >= 0.6 is 11.8 Å². The molecule has 2 amide bonds. The van der Waals surface area contributed by atoms with Crippen LogP contribution in [0.1, 0.15) is 5.56 Å². The third-order valence-electron chi connectivity index (χ3n) is 4.47. The minimum absolute atomic E-state index is 0.119. The van der Waals surface area contributed by atoms with Gasteiger partial charge in [-0.15, -0.1) is 0 Å². The highest BCUT2D eigenvalue weighted by atomic mass is 32.2. The van der Waals surface area contributed by atoms with E-state index in [1.54, 1.807) is 30.4 Å². The van der Waals surface area contributed by atoms with Crippen LogP contribution in [0.4, 0.5) is 9.18 Å². The predicted molar refractivity (Wildman–Crippen MR) is 97.8 cm³/mol. The average Bonchev–Trinajstić information content (AvgIpc) is 2.93. The van der Waals surface area contributed by atoms with E-state index >= 15 is 0 Å². The second kappa shape index (κ2) is 7.00. The van der Waals surface area contributed by atoms with Crippen molar-refractivity contribution in [3.8, 4) is 0 Å². The van der Waals surface area contributed by atoms with Gasteiger partial charge in [0.05, 0.1) is 29.2 Å². The first-order valence-electron chi connectivity index (χ1n) is 8.28. The van der Waals surface area contributed by atoms with Crippen molar-refractivity contribution in [1.82, 2.24) is 4.90 Å². The Kier molecular flexibility index (Phi) is 4.53. The van der Waals surface area contributed by atoms with Crippen LogP contribution < -0.4 is 0 Å². The van der Waals surface area contributed by atoms with Gasteiger partial charge in [0.15, 0.2) is 5.78 Å². The number of imide groups is 1. The van der Waals surface area contributed by atoms with Gasteiger partial charge in [-0.1, -0.05) is 36.4 Å². The molecule has 7 heteroatoms. The van der Waals surface area contributed by atoms with Gasteiger partial charge in [0.2, 0.25) is 0 Å². The lowest BCUT2D eigenvalue weighted by atomic mass is 9.88. The second-order valence-electron chi connectivity index (χ2n) is 6.19. The van der Waals surface area contributed by atoms with Crippen molar-refractivity contribution in [3.63, 3.8) is 0 Å². The number of carbonyl (C=O) groups is 3. The van der Waals surface area contributed by atoms with E-state index in [-0.39, 0.29) is 34.5 Å². The first-order chi connectivity index (χ1) is 13.0. The number of ketones is 1. The van der Waals surface area contributed by atoms with Crippen LogP contribution in [0.3, 0.4) is 0 Å². The Balaban J connectivity index is 1.56. The lowest BCUT2D eigenvalue weighted by molar-refractivity contribution is -0.123. The molecule has 0 saturated carbocycles. The third kappa shape index (κ3) is 3.26. The molecule has 0 spiro atoms. The number of hydrogen-bond donors (Lipinski definition) is 0. The number of rotatable bonds is 3. The van der Waals surface area contributed by atoms with Crippen molar-refractivity contribution in [3.05, 3.63) is 82.8 Å². The van der Waals surface area contributed by atoms with Crippen LogP contribution in [0.5, 0.6) is 0 Å². The van der Waals surface area contributed by atoms with Crippen LogP contribution in [0.15, 0.2) is 71.4 Å². The molecule has 1 fully saturated rings. The zero-order valence-electron chi connectivity index (χ0n) is 14.0. The number of amides is 2. The number of hydrogen-bond acceptors (Lipinski definition) is 5. The summed E-state index contributed by atoms with van der Waals surface area (Å²) in [5.41, 5.74) is 0.479. The van der Waals surface area contributed by atoms with E-state index < -0.39 is 22.9 Å². The molecule has 1 aromatic carbocycles. The van der Waals surface area contributed by atoms with Gasteiger partial charge in [0.25, 0.3) is 11.1 Å². The van der Waals surface area contributed by atoms with Gasteiger partial charge in [-0.05, 0) is 30.0 Å². The molecule has 0 aromatic heterocycles. The van der Waals surface area contributed by atoms with Gasteiger partial charge in [-0.2, -0.15) is 0 Å². The van der Waals surface area contributed by atoms with Crippen molar-refractivity contribution in [1.29, 1.82) is 0 Å². The van der Waals surface area contributed by atoms with Gasteiger partial charge >= 0.3 is 0 Å². The summed E-state index contributed by atoms with van der Waals surface area (Å²) in [6.45, 7) is -0.156. The highest BCUT2D eigenvalue weighted by molar-refractivity contribution is 8.18. The first kappa shape index (κ1) is 17.5. The van der Waals surface area contributed by atoms with Crippen molar-refractivity contribution >= 4 is 28.7 Å². The van der Waals surface area contributed by atoms with Crippen molar-refractivity contribution in [2.75, 3.05) is 0 Å². The quantitative estimate of drug-likeness (QED) is 0.748. The summed E-state index contributed by atoms with van der Waals surface area (Å²) in [7, 11) is 0. The Labute approximate surface area is 158 Å². The van der Waals surface area contributed by atoms with E-state index in [0.717, 1.165) is 16.7 Å². The minimum atomic E-state index is -0.553.